The second kappa shape index (κ2) is 13.5. The van der Waals surface area contributed by atoms with Crippen molar-refractivity contribution in [1.29, 1.82) is 0 Å². The van der Waals surface area contributed by atoms with Crippen LogP contribution in [0.4, 0.5) is 0 Å². The molecule has 196 valence electrons. The maximum absolute atomic E-state index is 13.8. The van der Waals surface area contributed by atoms with E-state index in [2.05, 4.69) is 30.5 Å². The van der Waals surface area contributed by atoms with Gasteiger partial charge >= 0.3 is 0 Å². The number of hydrogen-bond acceptors (Lipinski definition) is 4. The van der Waals surface area contributed by atoms with E-state index >= 15 is 0 Å². The van der Waals surface area contributed by atoms with Crippen LogP contribution in [0, 0.1) is 0 Å². The van der Waals surface area contributed by atoms with Crippen LogP contribution in [0.1, 0.15) is 71.1 Å². The Morgan fingerprint density at radius 2 is 1.81 bits per heavy atom. The smallest absolute Gasteiger partial charge is 0.254 e. The van der Waals surface area contributed by atoms with Crippen molar-refractivity contribution >= 4 is 23.2 Å². The minimum Gasteiger partial charge on any atom is -0.382 e. The highest BCUT2D eigenvalue weighted by molar-refractivity contribution is 7.10. The van der Waals surface area contributed by atoms with Crippen molar-refractivity contribution in [3.8, 4) is 0 Å². The van der Waals surface area contributed by atoms with Crippen molar-refractivity contribution in [1.82, 2.24) is 9.80 Å². The maximum Gasteiger partial charge on any atom is 0.254 e. The molecule has 2 aromatic carbocycles. The van der Waals surface area contributed by atoms with Crippen LogP contribution in [0.2, 0.25) is 0 Å². The van der Waals surface area contributed by atoms with Gasteiger partial charge in [-0.05, 0) is 72.9 Å². The summed E-state index contributed by atoms with van der Waals surface area (Å²) >= 11 is 1.76. The summed E-state index contributed by atoms with van der Waals surface area (Å²) in [5, 5.41) is 2.11. The number of thiophene rings is 1. The molecule has 1 aliphatic heterocycles. The van der Waals surface area contributed by atoms with Crippen LogP contribution in [0.25, 0.3) is 0 Å². The van der Waals surface area contributed by atoms with Gasteiger partial charge in [0.25, 0.3) is 5.91 Å². The first-order chi connectivity index (χ1) is 18.1. The van der Waals surface area contributed by atoms with Gasteiger partial charge in [-0.15, -0.1) is 11.3 Å². The number of aryl methyl sites for hydroxylation is 1. The molecule has 3 aromatic rings. The zero-order valence-electron chi connectivity index (χ0n) is 22.0. The van der Waals surface area contributed by atoms with Gasteiger partial charge in [0.05, 0.1) is 6.04 Å². The molecule has 0 aliphatic carbocycles. The van der Waals surface area contributed by atoms with Crippen molar-refractivity contribution in [3.05, 3.63) is 93.2 Å². The van der Waals surface area contributed by atoms with Gasteiger partial charge in [-0.2, -0.15) is 0 Å². The lowest BCUT2D eigenvalue weighted by Gasteiger charge is -2.37. The van der Waals surface area contributed by atoms with E-state index in [0.717, 1.165) is 31.2 Å². The highest BCUT2D eigenvalue weighted by atomic mass is 32.1. The Labute approximate surface area is 225 Å². The van der Waals surface area contributed by atoms with Crippen molar-refractivity contribution < 1.29 is 14.3 Å². The SMILES string of the molecule is CCCCc1ccc(C(=O)N(CCCOCC)CC(=O)N2CCc3sccc3C2c2ccccc2)cc1. The second-order valence-electron chi connectivity index (χ2n) is 9.53. The number of nitrogens with zero attached hydrogens (tertiary/aromatic N) is 2. The molecule has 1 aliphatic rings. The summed E-state index contributed by atoms with van der Waals surface area (Å²) in [5.41, 5.74) is 4.17. The molecular formula is C31H38N2O3S. The minimum atomic E-state index is -0.123. The zero-order chi connectivity index (χ0) is 26.0. The lowest BCUT2D eigenvalue weighted by Crippen LogP contribution is -2.47. The highest BCUT2D eigenvalue weighted by Gasteiger charge is 2.34. The third kappa shape index (κ3) is 6.88. The topological polar surface area (TPSA) is 49.9 Å². The first-order valence-corrected chi connectivity index (χ1v) is 14.4. The van der Waals surface area contributed by atoms with Crippen LogP contribution in [0.3, 0.4) is 0 Å². The van der Waals surface area contributed by atoms with Gasteiger partial charge in [0.2, 0.25) is 5.91 Å². The molecule has 37 heavy (non-hydrogen) atoms. The summed E-state index contributed by atoms with van der Waals surface area (Å²) in [6, 6.07) is 20.1. The van der Waals surface area contributed by atoms with E-state index in [0.29, 0.717) is 38.3 Å². The summed E-state index contributed by atoms with van der Waals surface area (Å²) in [6.45, 7) is 6.55. The molecule has 1 aromatic heterocycles. The van der Waals surface area contributed by atoms with Crippen LogP contribution in [0.15, 0.2) is 66.0 Å². The summed E-state index contributed by atoms with van der Waals surface area (Å²) in [6.07, 6.45) is 4.83. The molecule has 0 bridgehead atoms. The van der Waals surface area contributed by atoms with E-state index in [4.69, 9.17) is 4.74 Å². The van der Waals surface area contributed by atoms with E-state index in [1.54, 1.807) is 16.2 Å². The average molecular weight is 519 g/mol. The van der Waals surface area contributed by atoms with Crippen molar-refractivity contribution in [3.63, 3.8) is 0 Å². The second-order valence-corrected chi connectivity index (χ2v) is 10.5. The maximum atomic E-state index is 13.8. The fraction of sp³-hybridized carbons (Fsp3) is 0.419. The first-order valence-electron chi connectivity index (χ1n) is 13.5. The number of unbranched alkanes of at least 4 members (excludes halogenated alkanes) is 1. The van der Waals surface area contributed by atoms with Crippen molar-refractivity contribution in [2.75, 3.05) is 32.8 Å². The highest BCUT2D eigenvalue weighted by Crippen LogP contribution is 2.37. The lowest BCUT2D eigenvalue weighted by molar-refractivity contribution is -0.134. The fourth-order valence-corrected chi connectivity index (χ4v) is 5.87. The quantitative estimate of drug-likeness (QED) is 0.271. The number of ether oxygens (including phenoxy) is 1. The number of carbonyl (C=O) groups is 2. The molecule has 0 fully saturated rings. The number of fused-ring (bicyclic) bond motifs is 1. The van der Waals surface area contributed by atoms with Crippen molar-refractivity contribution in [2.45, 2.75) is 52.0 Å². The summed E-state index contributed by atoms with van der Waals surface area (Å²) < 4.78 is 5.52. The van der Waals surface area contributed by atoms with Gasteiger partial charge < -0.3 is 14.5 Å². The third-order valence-electron chi connectivity index (χ3n) is 6.96. The van der Waals surface area contributed by atoms with Crippen LogP contribution in [-0.2, 0) is 22.4 Å². The predicted octanol–water partition coefficient (Wildman–Crippen LogP) is 6.13. The van der Waals surface area contributed by atoms with Gasteiger partial charge in [0.15, 0.2) is 0 Å². The molecule has 0 radical (unpaired) electrons. The lowest BCUT2D eigenvalue weighted by atomic mass is 9.93. The van der Waals surface area contributed by atoms with Crippen molar-refractivity contribution in [2.24, 2.45) is 0 Å². The number of carbonyl (C=O) groups excluding carboxylic acids is 2. The zero-order valence-corrected chi connectivity index (χ0v) is 22.8. The number of hydrogen-bond donors (Lipinski definition) is 0. The number of rotatable bonds is 12. The van der Waals surface area contributed by atoms with Gasteiger partial charge in [-0.1, -0.05) is 55.8 Å². The molecule has 6 heteroatoms. The van der Waals surface area contributed by atoms with Gasteiger partial charge in [0.1, 0.15) is 6.54 Å². The minimum absolute atomic E-state index is 0.0185. The van der Waals surface area contributed by atoms with Crippen LogP contribution < -0.4 is 0 Å². The molecule has 0 saturated heterocycles. The monoisotopic (exact) mass is 518 g/mol. The molecule has 2 amide bonds. The number of amides is 2. The van der Waals surface area contributed by atoms with Gasteiger partial charge in [-0.25, -0.2) is 0 Å². The molecule has 5 nitrogen and oxygen atoms in total. The van der Waals surface area contributed by atoms with E-state index < -0.39 is 0 Å². The first kappa shape index (κ1) is 27.1. The van der Waals surface area contributed by atoms with E-state index in [1.807, 2.05) is 54.3 Å². The summed E-state index contributed by atoms with van der Waals surface area (Å²) in [4.78, 5) is 32.4. The largest absolute Gasteiger partial charge is 0.382 e. The standard InChI is InChI=1S/C31H38N2O3S/c1-3-5-10-24-13-15-26(16-14-24)31(35)32(19-9-21-36-4-2)23-29(34)33-20-17-28-27(18-22-37-28)30(33)25-11-7-6-8-12-25/h6-8,11-16,18,22,30H,3-5,9-10,17,19-21,23H2,1-2H3. The molecule has 0 N–H and O–H groups in total. The van der Waals surface area contributed by atoms with Gasteiger partial charge in [0, 0.05) is 36.7 Å². The fourth-order valence-electron chi connectivity index (χ4n) is 4.97. The normalized spacial score (nSPS) is 14.9. The van der Waals surface area contributed by atoms with Crippen LogP contribution in [0.5, 0.6) is 0 Å². The number of benzene rings is 2. The molecule has 0 saturated carbocycles. The summed E-state index contributed by atoms with van der Waals surface area (Å²) in [7, 11) is 0. The Balaban J connectivity index is 1.53. The predicted molar refractivity (Wildman–Crippen MR) is 150 cm³/mol. The Morgan fingerprint density at radius 3 is 2.54 bits per heavy atom. The van der Waals surface area contributed by atoms with Crippen LogP contribution in [-0.4, -0.2) is 54.5 Å². The third-order valence-corrected chi connectivity index (χ3v) is 7.95. The molecule has 2 heterocycles. The summed E-state index contributed by atoms with van der Waals surface area (Å²) in [5.74, 6) is -0.119. The Hall–Kier alpha value is -2.96. The average Bonchev–Trinajstić information content (AvgIpc) is 3.42. The molecular weight excluding hydrogens is 480 g/mol. The Bertz CT molecular complexity index is 1140. The molecule has 4 rings (SSSR count). The van der Waals surface area contributed by atoms with Crippen LogP contribution >= 0.6 is 11.3 Å². The molecule has 1 atom stereocenters. The van der Waals surface area contributed by atoms with E-state index in [9.17, 15) is 9.59 Å². The van der Waals surface area contributed by atoms with E-state index in [1.165, 1.54) is 16.0 Å². The Kier molecular flexibility index (Phi) is 9.92. The molecule has 1 unspecified atom stereocenters. The van der Waals surface area contributed by atoms with E-state index in [-0.39, 0.29) is 24.4 Å². The molecule has 0 spiro atoms. The Morgan fingerprint density at radius 1 is 1.03 bits per heavy atom. The van der Waals surface area contributed by atoms with Gasteiger partial charge in [-0.3, -0.25) is 9.59 Å².